The number of carbonyl (C=O) groups excluding carboxylic acids is 1. The monoisotopic (exact) mass is 608 g/mol. The lowest BCUT2D eigenvalue weighted by atomic mass is 9.95. The average Bonchev–Trinajstić information content (AvgIpc) is 3.18. The molecule has 200 valence electrons. The number of hydrogen-bond donors (Lipinski definition) is 0. The number of esters is 1. The second kappa shape index (κ2) is 11.5. The first-order valence-corrected chi connectivity index (χ1v) is 13.0. The summed E-state index contributed by atoms with van der Waals surface area (Å²) in [5.74, 6) is 0.148. The maximum absolute atomic E-state index is 13.8. The lowest BCUT2D eigenvalue weighted by molar-refractivity contribution is -0.139. The molecule has 0 aliphatic carbocycles. The minimum absolute atomic E-state index is 0.0732. The van der Waals surface area contributed by atoms with Crippen LogP contribution in [-0.2, 0) is 9.53 Å². The van der Waals surface area contributed by atoms with Gasteiger partial charge < -0.3 is 18.9 Å². The van der Waals surface area contributed by atoms with Crippen molar-refractivity contribution in [3.63, 3.8) is 0 Å². The molecule has 0 spiro atoms. The van der Waals surface area contributed by atoms with Gasteiger partial charge in [-0.2, -0.15) is 8.78 Å². The SMILES string of the molecule is CCOC(=O)C1=C(C)N=c2s/c(=C/c3ccccc3OC(F)F)c(=O)n2[C@@H]1c1cc(OC)c(OC)cc1Br. The summed E-state index contributed by atoms with van der Waals surface area (Å²) in [4.78, 5) is 31.8. The van der Waals surface area contributed by atoms with E-state index in [4.69, 9.17) is 14.2 Å². The maximum Gasteiger partial charge on any atom is 0.387 e. The highest BCUT2D eigenvalue weighted by Gasteiger charge is 2.35. The van der Waals surface area contributed by atoms with E-state index in [1.165, 1.54) is 30.9 Å². The van der Waals surface area contributed by atoms with Gasteiger partial charge in [0.1, 0.15) is 5.75 Å². The third kappa shape index (κ3) is 5.23. The Bertz CT molecular complexity index is 1600. The number of halogens is 3. The van der Waals surface area contributed by atoms with Gasteiger partial charge in [0, 0.05) is 10.0 Å². The summed E-state index contributed by atoms with van der Waals surface area (Å²) in [6, 6.07) is 8.59. The number of carbonyl (C=O) groups is 1. The molecule has 2 aromatic carbocycles. The van der Waals surface area contributed by atoms with Gasteiger partial charge in [-0.15, -0.1) is 0 Å². The molecule has 0 amide bonds. The van der Waals surface area contributed by atoms with E-state index in [0.29, 0.717) is 37.6 Å². The Kier molecular flexibility index (Phi) is 8.32. The van der Waals surface area contributed by atoms with Crippen molar-refractivity contribution >= 4 is 39.3 Å². The molecule has 38 heavy (non-hydrogen) atoms. The van der Waals surface area contributed by atoms with Crippen LogP contribution in [0.4, 0.5) is 8.78 Å². The molecule has 2 heterocycles. The molecule has 0 fully saturated rings. The van der Waals surface area contributed by atoms with Crippen LogP contribution in [0.5, 0.6) is 17.2 Å². The lowest BCUT2D eigenvalue weighted by Crippen LogP contribution is -2.40. The van der Waals surface area contributed by atoms with E-state index in [9.17, 15) is 18.4 Å². The number of thiazole rings is 1. The van der Waals surface area contributed by atoms with Crippen LogP contribution in [-0.4, -0.2) is 38.0 Å². The van der Waals surface area contributed by atoms with Crippen LogP contribution < -0.4 is 29.1 Å². The smallest absolute Gasteiger partial charge is 0.387 e. The van der Waals surface area contributed by atoms with E-state index in [0.717, 1.165) is 11.3 Å². The van der Waals surface area contributed by atoms with Crippen molar-refractivity contribution in [3.8, 4) is 17.2 Å². The lowest BCUT2D eigenvalue weighted by Gasteiger charge is -2.26. The number of para-hydroxylation sites is 1. The molecule has 0 saturated heterocycles. The Morgan fingerprint density at radius 3 is 2.53 bits per heavy atom. The Morgan fingerprint density at radius 2 is 1.87 bits per heavy atom. The number of alkyl halides is 2. The largest absolute Gasteiger partial charge is 0.493 e. The predicted octanol–water partition coefficient (Wildman–Crippen LogP) is 4.18. The zero-order valence-corrected chi connectivity index (χ0v) is 23.2. The number of ether oxygens (including phenoxy) is 4. The first-order valence-electron chi connectivity index (χ1n) is 11.3. The minimum atomic E-state index is -3.03. The molecular formula is C26H23BrF2N2O6S. The Labute approximate surface area is 228 Å². The van der Waals surface area contributed by atoms with Crippen LogP contribution in [0, 0.1) is 0 Å². The van der Waals surface area contributed by atoms with Gasteiger partial charge in [-0.3, -0.25) is 9.36 Å². The van der Waals surface area contributed by atoms with Gasteiger partial charge in [-0.25, -0.2) is 9.79 Å². The fourth-order valence-corrected chi connectivity index (χ4v) is 5.69. The summed E-state index contributed by atoms with van der Waals surface area (Å²) in [6.07, 6.45) is 1.46. The average molecular weight is 609 g/mol. The molecule has 0 saturated carbocycles. The number of fused-ring (bicyclic) bond motifs is 1. The number of hydrogen-bond acceptors (Lipinski definition) is 8. The Hall–Kier alpha value is -3.51. The highest BCUT2D eigenvalue weighted by Crippen LogP contribution is 2.40. The van der Waals surface area contributed by atoms with Crippen molar-refractivity contribution < 1.29 is 32.5 Å². The van der Waals surface area contributed by atoms with Crippen molar-refractivity contribution in [2.75, 3.05) is 20.8 Å². The summed E-state index contributed by atoms with van der Waals surface area (Å²) in [6.45, 7) is 0.448. The fourth-order valence-electron chi connectivity index (χ4n) is 4.11. The van der Waals surface area contributed by atoms with Crippen molar-refractivity contribution in [1.29, 1.82) is 0 Å². The molecule has 1 aromatic heterocycles. The third-order valence-electron chi connectivity index (χ3n) is 5.74. The highest BCUT2D eigenvalue weighted by atomic mass is 79.9. The predicted molar refractivity (Wildman–Crippen MR) is 141 cm³/mol. The topological polar surface area (TPSA) is 88.4 Å². The fraction of sp³-hybridized carbons (Fsp3) is 0.269. The van der Waals surface area contributed by atoms with Gasteiger partial charge in [-0.1, -0.05) is 45.5 Å². The summed E-state index contributed by atoms with van der Waals surface area (Å²) in [7, 11) is 2.98. The standard InChI is InChI=1S/C26H23BrF2N2O6S/c1-5-36-24(33)21-13(2)30-26-31(22(21)15-11-18(34-3)19(35-4)12-16(15)27)23(32)20(38-26)10-14-8-6-7-9-17(14)37-25(28)29/h6-12,22,25H,5H2,1-4H3/b20-10+/t22-/m1/s1. The summed E-state index contributed by atoms with van der Waals surface area (Å²) in [5, 5.41) is 0. The third-order valence-corrected chi connectivity index (χ3v) is 7.41. The first kappa shape index (κ1) is 27.5. The van der Waals surface area contributed by atoms with Gasteiger partial charge in [0.2, 0.25) is 0 Å². The number of methoxy groups -OCH3 is 2. The van der Waals surface area contributed by atoms with E-state index in [1.807, 2.05) is 0 Å². The van der Waals surface area contributed by atoms with Gasteiger partial charge in [0.05, 0.1) is 42.7 Å². The molecule has 4 rings (SSSR count). The molecule has 12 heteroatoms. The van der Waals surface area contributed by atoms with Crippen LogP contribution in [0.2, 0.25) is 0 Å². The van der Waals surface area contributed by atoms with Gasteiger partial charge in [0.15, 0.2) is 16.3 Å². The number of aromatic nitrogens is 1. The molecular weight excluding hydrogens is 586 g/mol. The molecule has 8 nitrogen and oxygen atoms in total. The maximum atomic E-state index is 13.8. The molecule has 3 aromatic rings. The van der Waals surface area contributed by atoms with E-state index in [2.05, 4.69) is 25.7 Å². The van der Waals surface area contributed by atoms with Crippen molar-refractivity contribution in [2.24, 2.45) is 4.99 Å². The Morgan fingerprint density at radius 1 is 1.18 bits per heavy atom. The Balaban J connectivity index is 2.00. The number of rotatable bonds is 8. The number of benzene rings is 2. The minimum Gasteiger partial charge on any atom is -0.493 e. The summed E-state index contributed by atoms with van der Waals surface area (Å²) < 4.78 is 48.8. The molecule has 1 aliphatic heterocycles. The first-order chi connectivity index (χ1) is 18.2. The number of allylic oxidation sites excluding steroid dienone is 1. The number of nitrogens with zero attached hydrogens (tertiary/aromatic N) is 2. The zero-order valence-electron chi connectivity index (χ0n) is 20.8. The van der Waals surface area contributed by atoms with Gasteiger partial charge >= 0.3 is 12.6 Å². The molecule has 0 unspecified atom stereocenters. The van der Waals surface area contributed by atoms with Crippen LogP contribution in [0.3, 0.4) is 0 Å². The molecule has 0 N–H and O–H groups in total. The summed E-state index contributed by atoms with van der Waals surface area (Å²) in [5.41, 5.74) is 0.920. The normalized spacial score (nSPS) is 15.3. The molecule has 0 bridgehead atoms. The second-order valence-electron chi connectivity index (χ2n) is 7.95. The summed E-state index contributed by atoms with van der Waals surface area (Å²) >= 11 is 4.61. The zero-order chi connectivity index (χ0) is 27.6. The van der Waals surface area contributed by atoms with Gasteiger partial charge in [0.25, 0.3) is 5.56 Å². The van der Waals surface area contributed by atoms with Crippen molar-refractivity contribution in [2.45, 2.75) is 26.5 Å². The molecule has 0 radical (unpaired) electrons. The van der Waals surface area contributed by atoms with Crippen LogP contribution >= 0.6 is 27.3 Å². The van der Waals surface area contributed by atoms with Crippen LogP contribution in [0.15, 0.2) is 61.9 Å². The van der Waals surface area contributed by atoms with Crippen molar-refractivity contribution in [1.82, 2.24) is 4.57 Å². The quantitative estimate of drug-likeness (QED) is 0.357. The van der Waals surface area contributed by atoms with E-state index >= 15 is 0 Å². The van der Waals surface area contributed by atoms with Crippen LogP contribution in [0.25, 0.3) is 6.08 Å². The van der Waals surface area contributed by atoms with E-state index < -0.39 is 24.2 Å². The van der Waals surface area contributed by atoms with Crippen molar-refractivity contribution in [3.05, 3.63) is 83.0 Å². The highest BCUT2D eigenvalue weighted by molar-refractivity contribution is 9.10. The van der Waals surface area contributed by atoms with Crippen LogP contribution in [0.1, 0.15) is 31.0 Å². The van der Waals surface area contributed by atoms with Gasteiger partial charge in [-0.05, 0) is 43.7 Å². The molecule has 1 atom stereocenters. The second-order valence-corrected chi connectivity index (χ2v) is 9.81. The van der Waals surface area contributed by atoms with E-state index in [1.54, 1.807) is 44.2 Å². The van der Waals surface area contributed by atoms with E-state index in [-0.39, 0.29) is 22.5 Å². The molecule has 1 aliphatic rings.